The van der Waals surface area contributed by atoms with Gasteiger partial charge in [-0.3, -0.25) is 0 Å². The molecule has 0 amide bonds. The maximum absolute atomic E-state index is 12.3. The number of para-hydroxylation sites is 1. The highest BCUT2D eigenvalue weighted by molar-refractivity contribution is 7.90. The van der Waals surface area contributed by atoms with Gasteiger partial charge in [0.25, 0.3) is 10.0 Å². The molecule has 0 aliphatic rings. The standard InChI is InChI=1S/C16H15NO5S/c1-12-7-9-13(10-8-12)11-17-23(19,20)15-6-4-3-5-14(15)22-16(18)21-2/h3-11H,1-2H3. The van der Waals surface area contributed by atoms with E-state index < -0.39 is 16.2 Å². The van der Waals surface area contributed by atoms with Crippen LogP contribution < -0.4 is 4.74 Å². The summed E-state index contributed by atoms with van der Waals surface area (Å²) >= 11 is 0. The third kappa shape index (κ3) is 4.40. The lowest BCUT2D eigenvalue weighted by atomic mass is 10.2. The maximum Gasteiger partial charge on any atom is 0.513 e. The molecule has 2 aromatic rings. The lowest BCUT2D eigenvalue weighted by Crippen LogP contribution is -2.10. The number of sulfonamides is 1. The molecular formula is C16H15NO5S. The largest absolute Gasteiger partial charge is 0.513 e. The smallest absolute Gasteiger partial charge is 0.437 e. The second kappa shape index (κ2) is 7.06. The number of methoxy groups -OCH3 is 1. The van der Waals surface area contributed by atoms with Gasteiger partial charge in [-0.15, -0.1) is 0 Å². The summed E-state index contributed by atoms with van der Waals surface area (Å²) in [5.74, 6) is -0.139. The van der Waals surface area contributed by atoms with Crippen molar-refractivity contribution in [3.63, 3.8) is 0 Å². The minimum absolute atomic E-state index is 0.139. The van der Waals surface area contributed by atoms with Crippen molar-refractivity contribution in [3.8, 4) is 5.75 Å². The number of nitrogens with zero attached hydrogens (tertiary/aromatic N) is 1. The second-order valence-corrected chi connectivity index (χ2v) is 6.22. The Balaban J connectivity index is 2.32. The van der Waals surface area contributed by atoms with Crippen molar-refractivity contribution in [1.29, 1.82) is 0 Å². The molecular weight excluding hydrogens is 318 g/mol. The fourth-order valence-corrected chi connectivity index (χ4v) is 2.71. The molecule has 0 aliphatic carbocycles. The van der Waals surface area contributed by atoms with Gasteiger partial charge in [0.15, 0.2) is 5.75 Å². The molecule has 0 aromatic heterocycles. The van der Waals surface area contributed by atoms with Crippen molar-refractivity contribution in [2.24, 2.45) is 4.40 Å². The van der Waals surface area contributed by atoms with Crippen molar-refractivity contribution in [2.75, 3.05) is 7.11 Å². The molecule has 2 rings (SSSR count). The van der Waals surface area contributed by atoms with Crippen molar-refractivity contribution < 1.29 is 22.7 Å². The molecule has 0 N–H and O–H groups in total. The number of rotatable bonds is 4. The summed E-state index contributed by atoms with van der Waals surface area (Å²) in [6, 6.07) is 12.9. The van der Waals surface area contributed by atoms with E-state index in [1.54, 1.807) is 18.2 Å². The van der Waals surface area contributed by atoms with Gasteiger partial charge < -0.3 is 9.47 Å². The summed E-state index contributed by atoms with van der Waals surface area (Å²) < 4.78 is 37.5. The van der Waals surface area contributed by atoms with Crippen LogP contribution in [0.5, 0.6) is 5.75 Å². The van der Waals surface area contributed by atoms with Crippen LogP contribution in [-0.4, -0.2) is 27.9 Å². The number of carbonyl (C=O) groups is 1. The quantitative estimate of drug-likeness (QED) is 0.488. The van der Waals surface area contributed by atoms with E-state index in [1.165, 1.54) is 24.4 Å². The molecule has 0 fully saturated rings. The lowest BCUT2D eigenvalue weighted by Gasteiger charge is -2.07. The normalized spacial score (nSPS) is 11.4. The highest BCUT2D eigenvalue weighted by Crippen LogP contribution is 2.25. The Morgan fingerprint density at radius 3 is 2.39 bits per heavy atom. The summed E-state index contributed by atoms with van der Waals surface area (Å²) in [5.41, 5.74) is 1.70. The summed E-state index contributed by atoms with van der Waals surface area (Å²) in [5, 5.41) is 0. The predicted molar refractivity (Wildman–Crippen MR) is 85.4 cm³/mol. The van der Waals surface area contributed by atoms with Gasteiger partial charge in [0.05, 0.1) is 7.11 Å². The van der Waals surface area contributed by atoms with Gasteiger partial charge in [-0.25, -0.2) is 4.79 Å². The van der Waals surface area contributed by atoms with Gasteiger partial charge in [-0.2, -0.15) is 12.8 Å². The van der Waals surface area contributed by atoms with E-state index in [9.17, 15) is 13.2 Å². The Kier molecular flexibility index (Phi) is 5.13. The van der Waals surface area contributed by atoms with Gasteiger partial charge in [0, 0.05) is 6.21 Å². The number of aryl methyl sites for hydroxylation is 1. The Hall–Kier alpha value is -2.67. The zero-order chi connectivity index (χ0) is 16.9. The first-order chi connectivity index (χ1) is 10.9. The molecule has 0 aliphatic heterocycles. The Bertz CT molecular complexity index is 826. The summed E-state index contributed by atoms with van der Waals surface area (Å²) in [6.45, 7) is 1.93. The number of ether oxygens (including phenoxy) is 2. The van der Waals surface area contributed by atoms with E-state index in [0.717, 1.165) is 12.7 Å². The lowest BCUT2D eigenvalue weighted by molar-refractivity contribution is 0.120. The van der Waals surface area contributed by atoms with E-state index in [-0.39, 0.29) is 10.6 Å². The van der Waals surface area contributed by atoms with E-state index in [0.29, 0.717) is 5.56 Å². The Morgan fingerprint density at radius 2 is 1.74 bits per heavy atom. The van der Waals surface area contributed by atoms with E-state index in [4.69, 9.17) is 4.74 Å². The zero-order valence-electron chi connectivity index (χ0n) is 12.6. The fourth-order valence-electron chi connectivity index (χ4n) is 1.72. The molecule has 2 aromatic carbocycles. The van der Waals surface area contributed by atoms with Crippen LogP contribution in [0.1, 0.15) is 11.1 Å². The highest BCUT2D eigenvalue weighted by Gasteiger charge is 2.20. The van der Waals surface area contributed by atoms with Crippen molar-refractivity contribution in [3.05, 3.63) is 59.7 Å². The van der Waals surface area contributed by atoms with Crippen LogP contribution >= 0.6 is 0 Å². The van der Waals surface area contributed by atoms with E-state index in [1.807, 2.05) is 19.1 Å². The van der Waals surface area contributed by atoms with Crippen LogP contribution in [0.3, 0.4) is 0 Å². The highest BCUT2D eigenvalue weighted by atomic mass is 32.2. The Morgan fingerprint density at radius 1 is 1.09 bits per heavy atom. The van der Waals surface area contributed by atoms with Crippen molar-refractivity contribution in [2.45, 2.75) is 11.8 Å². The first-order valence-electron chi connectivity index (χ1n) is 6.64. The third-order valence-corrected chi connectivity index (χ3v) is 4.18. The second-order valence-electron chi connectivity index (χ2n) is 4.62. The van der Waals surface area contributed by atoms with Crippen LogP contribution in [0, 0.1) is 6.92 Å². The van der Waals surface area contributed by atoms with Crippen LogP contribution in [0.25, 0.3) is 0 Å². The molecule has 23 heavy (non-hydrogen) atoms. The summed E-state index contributed by atoms with van der Waals surface area (Å²) in [6.07, 6.45) is 0.235. The Labute approximate surface area is 134 Å². The first kappa shape index (κ1) is 16.7. The molecule has 6 nitrogen and oxygen atoms in total. The van der Waals surface area contributed by atoms with Crippen LogP contribution in [0.15, 0.2) is 57.8 Å². The van der Waals surface area contributed by atoms with Gasteiger partial charge >= 0.3 is 6.16 Å². The summed E-state index contributed by atoms with van der Waals surface area (Å²) in [7, 11) is -2.88. The molecule has 0 spiro atoms. The van der Waals surface area contributed by atoms with Gasteiger partial charge in [-0.1, -0.05) is 42.0 Å². The number of benzene rings is 2. The molecule has 7 heteroatoms. The molecule has 0 radical (unpaired) electrons. The SMILES string of the molecule is COC(=O)Oc1ccccc1S(=O)(=O)N=Cc1ccc(C)cc1. The van der Waals surface area contributed by atoms with Gasteiger partial charge in [0.1, 0.15) is 4.90 Å². The predicted octanol–water partition coefficient (Wildman–Crippen LogP) is 2.95. The van der Waals surface area contributed by atoms with Crippen molar-refractivity contribution in [1.82, 2.24) is 0 Å². The topological polar surface area (TPSA) is 82.0 Å². The average molecular weight is 333 g/mol. The first-order valence-corrected chi connectivity index (χ1v) is 8.08. The average Bonchev–Trinajstić information content (AvgIpc) is 2.54. The molecule has 120 valence electrons. The molecule has 0 heterocycles. The molecule has 0 atom stereocenters. The zero-order valence-corrected chi connectivity index (χ0v) is 13.4. The number of hydrogen-bond acceptors (Lipinski definition) is 5. The van der Waals surface area contributed by atoms with E-state index in [2.05, 4.69) is 9.13 Å². The minimum Gasteiger partial charge on any atom is -0.437 e. The number of carbonyl (C=O) groups excluding carboxylic acids is 1. The van der Waals surface area contributed by atoms with Crippen molar-refractivity contribution >= 4 is 22.4 Å². The molecule has 0 unspecified atom stereocenters. The summed E-state index contributed by atoms with van der Waals surface area (Å²) in [4.78, 5) is 11.0. The van der Waals surface area contributed by atoms with Gasteiger partial charge in [0.2, 0.25) is 0 Å². The third-order valence-electron chi connectivity index (χ3n) is 2.90. The fraction of sp³-hybridized carbons (Fsp3) is 0.125. The van der Waals surface area contributed by atoms with Crippen LogP contribution in [0.2, 0.25) is 0 Å². The van der Waals surface area contributed by atoms with Gasteiger partial charge in [-0.05, 0) is 24.6 Å². The number of hydrogen-bond donors (Lipinski definition) is 0. The van der Waals surface area contributed by atoms with Crippen LogP contribution in [-0.2, 0) is 14.8 Å². The molecule has 0 saturated heterocycles. The van der Waals surface area contributed by atoms with Crippen LogP contribution in [0.4, 0.5) is 4.79 Å². The maximum atomic E-state index is 12.3. The van der Waals surface area contributed by atoms with E-state index >= 15 is 0 Å². The monoisotopic (exact) mass is 333 g/mol. The minimum atomic E-state index is -4.02. The molecule has 0 bridgehead atoms. The molecule has 0 saturated carbocycles.